The lowest BCUT2D eigenvalue weighted by molar-refractivity contribution is -0.192. The van der Waals surface area contributed by atoms with Gasteiger partial charge in [0.1, 0.15) is 5.82 Å². The van der Waals surface area contributed by atoms with E-state index in [1.54, 1.807) is 11.3 Å². The Bertz CT molecular complexity index is 807. The number of rotatable bonds is 2. The van der Waals surface area contributed by atoms with Crippen LogP contribution in [-0.2, 0) is 9.53 Å². The van der Waals surface area contributed by atoms with E-state index in [1.807, 2.05) is 18.5 Å². The standard InChI is InChI=1S/C17H22N4OS.C2HF3O2/c1-2-6-18-15(4-1)20-8-3-5-17(12-20)13-21(9-10-22-14-17)16-19-7-11-23-16;3-2(4,5)1(6)7/h1-2,4,6-7,11H,3,5,8-10,12-14H2;(H,6,7). The van der Waals surface area contributed by atoms with Gasteiger partial charge < -0.3 is 19.6 Å². The summed E-state index contributed by atoms with van der Waals surface area (Å²) in [6, 6.07) is 6.15. The summed E-state index contributed by atoms with van der Waals surface area (Å²) in [4.78, 5) is 22.7. The number of hydrogen-bond acceptors (Lipinski definition) is 7. The van der Waals surface area contributed by atoms with Gasteiger partial charge in [-0.15, -0.1) is 11.3 Å². The van der Waals surface area contributed by atoms with E-state index in [0.29, 0.717) is 0 Å². The first kappa shape index (κ1) is 22.3. The molecule has 164 valence electrons. The fourth-order valence-electron chi connectivity index (χ4n) is 3.72. The third-order valence-corrected chi connectivity index (χ3v) is 5.84. The lowest BCUT2D eigenvalue weighted by Gasteiger charge is -2.44. The molecule has 1 spiro atoms. The number of carboxylic acids is 1. The normalized spacial score (nSPS) is 22.2. The molecule has 4 rings (SSSR count). The number of pyridine rings is 1. The Hall–Kier alpha value is -2.40. The molecule has 0 bridgehead atoms. The molecule has 0 radical (unpaired) electrons. The van der Waals surface area contributed by atoms with E-state index in [0.717, 1.165) is 50.3 Å². The van der Waals surface area contributed by atoms with E-state index < -0.39 is 12.1 Å². The zero-order chi connectivity index (χ0) is 21.6. The maximum atomic E-state index is 10.6. The summed E-state index contributed by atoms with van der Waals surface area (Å²) in [7, 11) is 0. The average molecular weight is 444 g/mol. The van der Waals surface area contributed by atoms with Gasteiger partial charge in [0.25, 0.3) is 0 Å². The molecule has 1 N–H and O–H groups in total. The van der Waals surface area contributed by atoms with Crippen molar-refractivity contribution in [3.63, 3.8) is 0 Å². The maximum absolute atomic E-state index is 10.6. The van der Waals surface area contributed by atoms with Crippen LogP contribution in [0.1, 0.15) is 12.8 Å². The molecular weight excluding hydrogens is 421 g/mol. The van der Waals surface area contributed by atoms with Crippen LogP contribution in [0.15, 0.2) is 36.0 Å². The van der Waals surface area contributed by atoms with Crippen molar-refractivity contribution in [3.05, 3.63) is 36.0 Å². The average Bonchev–Trinajstić information content (AvgIpc) is 3.19. The number of aliphatic carboxylic acids is 1. The largest absolute Gasteiger partial charge is 0.490 e. The molecule has 2 aromatic heterocycles. The minimum atomic E-state index is -5.08. The molecule has 2 aliphatic rings. The van der Waals surface area contributed by atoms with Crippen LogP contribution in [0, 0.1) is 5.41 Å². The van der Waals surface area contributed by atoms with Crippen LogP contribution < -0.4 is 9.80 Å². The number of carbonyl (C=O) groups is 1. The Labute approximate surface area is 176 Å². The Morgan fingerprint density at radius 2 is 1.93 bits per heavy atom. The van der Waals surface area contributed by atoms with E-state index >= 15 is 0 Å². The molecule has 2 saturated heterocycles. The minimum absolute atomic E-state index is 0.165. The summed E-state index contributed by atoms with van der Waals surface area (Å²) in [6.45, 7) is 5.65. The van der Waals surface area contributed by atoms with E-state index in [1.165, 1.54) is 12.8 Å². The Morgan fingerprint density at radius 3 is 2.57 bits per heavy atom. The van der Waals surface area contributed by atoms with Gasteiger partial charge >= 0.3 is 12.1 Å². The number of hydrogen-bond donors (Lipinski definition) is 1. The topological polar surface area (TPSA) is 78.8 Å². The van der Waals surface area contributed by atoms with Gasteiger partial charge in [-0.05, 0) is 25.0 Å². The smallest absolute Gasteiger partial charge is 0.475 e. The van der Waals surface area contributed by atoms with Gasteiger partial charge in [-0.2, -0.15) is 13.2 Å². The predicted molar refractivity (Wildman–Crippen MR) is 107 cm³/mol. The van der Waals surface area contributed by atoms with Gasteiger partial charge in [-0.25, -0.2) is 14.8 Å². The summed E-state index contributed by atoms with van der Waals surface area (Å²) in [6.07, 6.45) is 1.07. The van der Waals surface area contributed by atoms with Crippen LogP contribution in [0.5, 0.6) is 0 Å². The van der Waals surface area contributed by atoms with Crippen molar-refractivity contribution < 1.29 is 27.8 Å². The number of alkyl halides is 3. The summed E-state index contributed by atoms with van der Waals surface area (Å²) < 4.78 is 37.7. The van der Waals surface area contributed by atoms with Gasteiger partial charge in [0, 0.05) is 49.4 Å². The number of piperidine rings is 1. The fraction of sp³-hybridized carbons (Fsp3) is 0.526. The number of anilines is 2. The number of thiazole rings is 1. The van der Waals surface area contributed by atoms with Crippen molar-refractivity contribution in [1.29, 1.82) is 0 Å². The van der Waals surface area contributed by atoms with Crippen molar-refractivity contribution in [1.82, 2.24) is 9.97 Å². The van der Waals surface area contributed by atoms with E-state index in [-0.39, 0.29) is 5.41 Å². The lowest BCUT2D eigenvalue weighted by Crippen LogP contribution is -2.51. The highest BCUT2D eigenvalue weighted by atomic mass is 32.1. The Morgan fingerprint density at radius 1 is 1.17 bits per heavy atom. The highest BCUT2D eigenvalue weighted by Crippen LogP contribution is 2.36. The molecule has 4 heterocycles. The maximum Gasteiger partial charge on any atom is 0.490 e. The summed E-state index contributed by atoms with van der Waals surface area (Å²) in [5.74, 6) is -1.68. The zero-order valence-electron chi connectivity index (χ0n) is 16.2. The molecule has 0 aromatic carbocycles. The third kappa shape index (κ3) is 5.82. The zero-order valence-corrected chi connectivity index (χ0v) is 17.0. The quantitative estimate of drug-likeness (QED) is 0.762. The second-order valence-electron chi connectivity index (χ2n) is 7.30. The molecule has 11 heteroatoms. The second kappa shape index (κ2) is 9.61. The van der Waals surface area contributed by atoms with Crippen LogP contribution in [0.3, 0.4) is 0 Å². The first-order chi connectivity index (χ1) is 14.3. The summed E-state index contributed by atoms with van der Waals surface area (Å²) in [5.41, 5.74) is 0.165. The first-order valence-electron chi connectivity index (χ1n) is 9.47. The van der Waals surface area contributed by atoms with Gasteiger partial charge in [0.15, 0.2) is 5.13 Å². The monoisotopic (exact) mass is 444 g/mol. The van der Waals surface area contributed by atoms with E-state index in [9.17, 15) is 13.2 Å². The van der Waals surface area contributed by atoms with Crippen LogP contribution in [0.25, 0.3) is 0 Å². The van der Waals surface area contributed by atoms with Crippen molar-refractivity contribution in [2.75, 3.05) is 49.2 Å². The first-order valence-corrected chi connectivity index (χ1v) is 10.4. The molecule has 1 atom stereocenters. The summed E-state index contributed by atoms with van der Waals surface area (Å²) in [5, 5.41) is 10.3. The molecule has 0 aliphatic carbocycles. The van der Waals surface area contributed by atoms with Crippen LogP contribution in [0.2, 0.25) is 0 Å². The van der Waals surface area contributed by atoms with Crippen LogP contribution >= 0.6 is 11.3 Å². The molecule has 7 nitrogen and oxygen atoms in total. The molecule has 0 saturated carbocycles. The predicted octanol–water partition coefficient (Wildman–Crippen LogP) is 3.29. The number of aromatic nitrogens is 2. The van der Waals surface area contributed by atoms with Gasteiger partial charge in [0.05, 0.1) is 13.2 Å². The molecule has 2 fully saturated rings. The van der Waals surface area contributed by atoms with E-state index in [4.69, 9.17) is 14.6 Å². The molecule has 0 amide bonds. The highest BCUT2D eigenvalue weighted by Gasteiger charge is 2.40. The van der Waals surface area contributed by atoms with Crippen LogP contribution in [0.4, 0.5) is 24.1 Å². The summed E-state index contributed by atoms with van der Waals surface area (Å²) >= 11 is 1.72. The molecule has 2 aliphatic heterocycles. The van der Waals surface area contributed by atoms with Crippen molar-refractivity contribution in [2.24, 2.45) is 5.41 Å². The lowest BCUT2D eigenvalue weighted by atomic mass is 9.80. The van der Waals surface area contributed by atoms with Gasteiger partial charge in [-0.3, -0.25) is 0 Å². The number of halogens is 3. The number of ether oxygens (including phenoxy) is 1. The Balaban J connectivity index is 0.000000318. The van der Waals surface area contributed by atoms with Gasteiger partial charge in [0.2, 0.25) is 0 Å². The minimum Gasteiger partial charge on any atom is -0.475 e. The number of nitrogens with zero attached hydrogens (tertiary/aromatic N) is 4. The van der Waals surface area contributed by atoms with Crippen molar-refractivity contribution >= 4 is 28.3 Å². The SMILES string of the molecule is O=C(O)C(F)(F)F.c1ccc(N2CCCC3(COCCN(c4nccs4)C3)C2)nc1. The van der Waals surface area contributed by atoms with Crippen LogP contribution in [-0.4, -0.2) is 66.6 Å². The van der Waals surface area contributed by atoms with E-state index in [2.05, 4.69) is 37.3 Å². The van der Waals surface area contributed by atoms with Crippen molar-refractivity contribution in [2.45, 2.75) is 19.0 Å². The number of carboxylic acid groups (broad SMARTS) is 1. The third-order valence-electron chi connectivity index (χ3n) is 5.01. The molecule has 2 aromatic rings. The van der Waals surface area contributed by atoms with Crippen molar-refractivity contribution in [3.8, 4) is 0 Å². The molecular formula is C19H23F3N4O3S. The second-order valence-corrected chi connectivity index (χ2v) is 8.18. The highest BCUT2D eigenvalue weighted by molar-refractivity contribution is 7.13. The molecule has 30 heavy (non-hydrogen) atoms. The Kier molecular flexibility index (Phi) is 7.14. The van der Waals surface area contributed by atoms with Gasteiger partial charge in [-0.1, -0.05) is 6.07 Å². The fourth-order valence-corrected chi connectivity index (χ4v) is 4.39. The molecule has 1 unspecified atom stereocenters.